The summed E-state index contributed by atoms with van der Waals surface area (Å²) in [6.07, 6.45) is 0.878. The van der Waals surface area contributed by atoms with Crippen LogP contribution in [0.5, 0.6) is 17.2 Å². The summed E-state index contributed by atoms with van der Waals surface area (Å²) < 4.78 is 17.0. The molecule has 8 heteroatoms. The van der Waals surface area contributed by atoms with Crippen LogP contribution in [0, 0.1) is 0 Å². The molecule has 0 bridgehead atoms. The van der Waals surface area contributed by atoms with Crippen LogP contribution in [0.3, 0.4) is 0 Å². The van der Waals surface area contributed by atoms with E-state index in [0.29, 0.717) is 57.1 Å². The van der Waals surface area contributed by atoms with Crippen molar-refractivity contribution in [2.45, 2.75) is 18.4 Å². The number of rotatable bonds is 8. The molecule has 0 aliphatic heterocycles. The lowest BCUT2D eigenvalue weighted by Gasteiger charge is -2.24. The van der Waals surface area contributed by atoms with Crippen LogP contribution in [0.2, 0.25) is 5.02 Å². The van der Waals surface area contributed by atoms with E-state index in [9.17, 15) is 15.0 Å². The predicted octanol–water partition coefficient (Wildman–Crippen LogP) is 4.02. The Bertz CT molecular complexity index is 1360. The lowest BCUT2D eigenvalue weighted by molar-refractivity contribution is 0.115. The summed E-state index contributed by atoms with van der Waals surface area (Å²) in [6, 6.07) is 15.4. The van der Waals surface area contributed by atoms with Gasteiger partial charge in [-0.15, -0.1) is 0 Å². The Morgan fingerprint density at radius 1 is 0.970 bits per heavy atom. The molecule has 0 fully saturated rings. The summed E-state index contributed by atoms with van der Waals surface area (Å²) in [5.74, 6) is 1.56. The third-order valence-electron chi connectivity index (χ3n) is 5.61. The van der Waals surface area contributed by atoms with E-state index in [1.54, 1.807) is 48.5 Å². The Morgan fingerprint density at radius 3 is 2.39 bits per heavy atom. The van der Waals surface area contributed by atoms with E-state index in [1.807, 2.05) is 6.07 Å². The van der Waals surface area contributed by atoms with Crippen LogP contribution in [0.15, 0.2) is 63.8 Å². The maximum absolute atomic E-state index is 13.1. The van der Waals surface area contributed by atoms with Crippen molar-refractivity contribution in [2.75, 3.05) is 20.3 Å². The highest BCUT2D eigenvalue weighted by Crippen LogP contribution is 2.32. The van der Waals surface area contributed by atoms with E-state index < -0.39 is 5.54 Å². The van der Waals surface area contributed by atoms with Gasteiger partial charge >= 0.3 is 0 Å². The van der Waals surface area contributed by atoms with Crippen LogP contribution in [-0.4, -0.2) is 36.1 Å². The quantitative estimate of drug-likeness (QED) is 0.334. The molecule has 172 valence electrons. The monoisotopic (exact) mass is 469 g/mol. The Balaban J connectivity index is 1.64. The van der Waals surface area contributed by atoms with Crippen molar-refractivity contribution in [1.29, 1.82) is 0 Å². The molecule has 0 aliphatic carbocycles. The molecule has 0 radical (unpaired) electrons. The molecule has 3 aromatic carbocycles. The highest BCUT2D eigenvalue weighted by atomic mass is 35.5. The first-order valence-electron chi connectivity index (χ1n) is 10.4. The van der Waals surface area contributed by atoms with Crippen molar-refractivity contribution in [2.24, 2.45) is 5.73 Å². The van der Waals surface area contributed by atoms with Crippen LogP contribution in [0.4, 0.5) is 0 Å². The first kappa shape index (κ1) is 23.1. The normalized spacial score (nSPS) is 11.8. The van der Waals surface area contributed by atoms with Gasteiger partial charge in [0, 0.05) is 12.1 Å². The molecular formula is C25H24ClNO6. The number of aryl methyl sites for hydroxylation is 1. The fourth-order valence-corrected chi connectivity index (χ4v) is 3.80. The molecule has 4 N–H and O–H groups in total. The smallest absolute Gasteiger partial charge is 0.200 e. The second-order valence-corrected chi connectivity index (χ2v) is 8.40. The van der Waals surface area contributed by atoms with Crippen LogP contribution in [0.25, 0.3) is 21.9 Å². The fourth-order valence-electron chi connectivity index (χ4n) is 3.55. The van der Waals surface area contributed by atoms with Crippen LogP contribution in [0.1, 0.15) is 12.0 Å². The number of nitrogens with two attached hydrogens (primary N) is 1. The van der Waals surface area contributed by atoms with Crippen molar-refractivity contribution in [3.8, 4) is 17.2 Å². The van der Waals surface area contributed by atoms with Gasteiger partial charge in [-0.05, 0) is 54.8 Å². The average molecular weight is 470 g/mol. The minimum atomic E-state index is -1.06. The minimum Gasteiger partial charge on any atom is -0.495 e. The standard InChI is InChI=1S/C25H24ClNO6/c1-31-22-7-4-16(11-20(22)26)32-17-3-5-18-23(12-17)33-21-6-2-15(10-19(21)24(18)30)8-9-25(27,13-28)14-29/h2-7,10-12,28-29H,8-9,13-14,27H2,1H3. The summed E-state index contributed by atoms with van der Waals surface area (Å²) in [7, 11) is 1.54. The summed E-state index contributed by atoms with van der Waals surface area (Å²) in [6.45, 7) is -0.645. The van der Waals surface area contributed by atoms with Gasteiger partial charge in [-0.3, -0.25) is 4.79 Å². The van der Waals surface area contributed by atoms with Crippen molar-refractivity contribution < 1.29 is 24.1 Å². The third-order valence-corrected chi connectivity index (χ3v) is 5.90. The van der Waals surface area contributed by atoms with Gasteiger partial charge in [-0.1, -0.05) is 17.7 Å². The molecule has 4 rings (SSSR count). The largest absolute Gasteiger partial charge is 0.495 e. The van der Waals surface area contributed by atoms with Gasteiger partial charge in [0.05, 0.1) is 41.7 Å². The molecule has 4 aromatic rings. The highest BCUT2D eigenvalue weighted by molar-refractivity contribution is 6.32. The molecule has 1 heterocycles. The van der Waals surface area contributed by atoms with Gasteiger partial charge in [-0.25, -0.2) is 0 Å². The van der Waals surface area contributed by atoms with E-state index in [2.05, 4.69) is 0 Å². The van der Waals surface area contributed by atoms with Gasteiger partial charge in [-0.2, -0.15) is 0 Å². The van der Waals surface area contributed by atoms with Gasteiger partial charge < -0.3 is 29.8 Å². The molecule has 0 saturated heterocycles. The molecular weight excluding hydrogens is 446 g/mol. The zero-order valence-corrected chi connectivity index (χ0v) is 18.8. The summed E-state index contributed by atoms with van der Waals surface area (Å²) in [4.78, 5) is 13.1. The number of benzene rings is 3. The molecule has 1 aromatic heterocycles. The number of aliphatic hydroxyl groups is 2. The van der Waals surface area contributed by atoms with Gasteiger partial charge in [0.25, 0.3) is 0 Å². The average Bonchev–Trinajstić information content (AvgIpc) is 2.83. The molecule has 0 unspecified atom stereocenters. The number of ether oxygens (including phenoxy) is 2. The first-order chi connectivity index (χ1) is 15.9. The van der Waals surface area contributed by atoms with Crippen LogP contribution < -0.4 is 20.6 Å². The van der Waals surface area contributed by atoms with Gasteiger partial charge in [0.15, 0.2) is 0 Å². The van der Waals surface area contributed by atoms with Crippen molar-refractivity contribution >= 4 is 33.5 Å². The number of aliphatic hydroxyl groups excluding tert-OH is 2. The lowest BCUT2D eigenvalue weighted by atomic mass is 9.93. The van der Waals surface area contributed by atoms with E-state index in [1.165, 1.54) is 7.11 Å². The Morgan fingerprint density at radius 2 is 1.70 bits per heavy atom. The zero-order valence-electron chi connectivity index (χ0n) is 18.0. The topological polar surface area (TPSA) is 115 Å². The van der Waals surface area contributed by atoms with Gasteiger partial charge in [0.2, 0.25) is 5.43 Å². The van der Waals surface area contributed by atoms with Crippen LogP contribution >= 0.6 is 11.6 Å². The molecule has 0 amide bonds. The summed E-state index contributed by atoms with van der Waals surface area (Å²) in [5.41, 5.74) is 6.44. The van der Waals surface area contributed by atoms with Crippen molar-refractivity contribution in [3.05, 3.63) is 75.4 Å². The number of halogens is 1. The molecule has 0 saturated carbocycles. The number of hydrogen-bond acceptors (Lipinski definition) is 7. The number of hydrogen-bond donors (Lipinski definition) is 3. The number of fused-ring (bicyclic) bond motifs is 2. The molecule has 7 nitrogen and oxygen atoms in total. The highest BCUT2D eigenvalue weighted by Gasteiger charge is 2.22. The fraction of sp³-hybridized carbons (Fsp3) is 0.240. The van der Waals surface area contributed by atoms with E-state index >= 15 is 0 Å². The summed E-state index contributed by atoms with van der Waals surface area (Å²) in [5, 5.41) is 20.1. The maximum Gasteiger partial charge on any atom is 0.200 e. The van der Waals surface area contributed by atoms with Gasteiger partial charge in [0.1, 0.15) is 28.4 Å². The second-order valence-electron chi connectivity index (χ2n) is 8.00. The minimum absolute atomic E-state index is 0.157. The Hall–Kier alpha value is -3.10. The van der Waals surface area contributed by atoms with Crippen molar-refractivity contribution in [3.63, 3.8) is 0 Å². The van der Waals surface area contributed by atoms with E-state index in [-0.39, 0.29) is 18.6 Å². The Labute approximate surface area is 194 Å². The van der Waals surface area contributed by atoms with E-state index in [0.717, 1.165) is 5.56 Å². The van der Waals surface area contributed by atoms with E-state index in [4.69, 9.17) is 31.2 Å². The molecule has 0 atom stereocenters. The summed E-state index contributed by atoms with van der Waals surface area (Å²) >= 11 is 6.16. The zero-order chi connectivity index (χ0) is 23.6. The number of methoxy groups -OCH3 is 1. The Kier molecular flexibility index (Phi) is 6.58. The van der Waals surface area contributed by atoms with Crippen molar-refractivity contribution in [1.82, 2.24) is 0 Å². The SMILES string of the molecule is COc1ccc(Oc2ccc3c(=O)c4cc(CCC(N)(CO)CO)ccc4oc3c2)cc1Cl. The lowest BCUT2D eigenvalue weighted by Crippen LogP contribution is -2.47. The maximum atomic E-state index is 13.1. The third kappa shape index (κ3) is 4.82. The molecule has 0 aliphatic rings. The first-order valence-corrected chi connectivity index (χ1v) is 10.7. The predicted molar refractivity (Wildman–Crippen MR) is 127 cm³/mol. The second kappa shape index (κ2) is 9.41. The van der Waals surface area contributed by atoms with Crippen LogP contribution in [-0.2, 0) is 6.42 Å². The molecule has 0 spiro atoms. The molecule has 33 heavy (non-hydrogen) atoms.